The highest BCUT2D eigenvalue weighted by atomic mass is 35.5. The monoisotopic (exact) mass is 621 g/mol. The molecule has 9 nitrogen and oxygen atoms in total. The summed E-state index contributed by atoms with van der Waals surface area (Å²) in [7, 11) is -2.65. The highest BCUT2D eigenvalue weighted by Crippen LogP contribution is 2.38. The number of nitrogens with one attached hydrogen (secondary N) is 1. The number of pyridine rings is 1. The van der Waals surface area contributed by atoms with Crippen molar-refractivity contribution in [2.24, 2.45) is 0 Å². The van der Waals surface area contributed by atoms with E-state index in [1.54, 1.807) is 18.2 Å². The SMILES string of the molecule is COc1cc2c(Oc3ccc(NS(=O)(=O)c4c(Cl)cccc4Cl)cc3F)ccnc2cc1OCCN1CCOCC1. The van der Waals surface area contributed by atoms with Gasteiger partial charge < -0.3 is 18.9 Å². The van der Waals surface area contributed by atoms with Crippen LogP contribution < -0.4 is 18.9 Å². The molecule has 1 saturated heterocycles. The number of ether oxygens (including phenoxy) is 4. The van der Waals surface area contributed by atoms with E-state index in [0.29, 0.717) is 48.0 Å². The van der Waals surface area contributed by atoms with Gasteiger partial charge in [0.1, 0.15) is 17.3 Å². The molecule has 41 heavy (non-hydrogen) atoms. The zero-order chi connectivity index (χ0) is 29.0. The van der Waals surface area contributed by atoms with Crippen LogP contribution in [0.4, 0.5) is 10.1 Å². The van der Waals surface area contributed by atoms with E-state index in [-0.39, 0.29) is 26.4 Å². The van der Waals surface area contributed by atoms with E-state index in [1.165, 1.54) is 43.6 Å². The fourth-order valence-corrected chi connectivity index (χ4v) is 6.51. The van der Waals surface area contributed by atoms with Crippen molar-refractivity contribution < 1.29 is 31.8 Å². The van der Waals surface area contributed by atoms with Crippen LogP contribution >= 0.6 is 23.2 Å². The second kappa shape index (κ2) is 12.7. The Kier molecular flexibility index (Phi) is 9.00. The maximum Gasteiger partial charge on any atom is 0.264 e. The summed E-state index contributed by atoms with van der Waals surface area (Å²) in [5.41, 5.74) is 0.525. The topological polar surface area (TPSA) is 99.2 Å². The van der Waals surface area contributed by atoms with Gasteiger partial charge in [0, 0.05) is 43.4 Å². The Hall–Kier alpha value is -3.35. The lowest BCUT2D eigenvalue weighted by atomic mass is 10.1. The number of benzene rings is 3. The van der Waals surface area contributed by atoms with Gasteiger partial charge in [0.25, 0.3) is 10.0 Å². The van der Waals surface area contributed by atoms with E-state index in [4.69, 9.17) is 42.1 Å². The number of morpholine rings is 1. The molecule has 4 aromatic rings. The summed E-state index contributed by atoms with van der Waals surface area (Å²) in [6.07, 6.45) is 1.54. The molecular formula is C28H26Cl2FN3O6S. The summed E-state index contributed by atoms with van der Waals surface area (Å²) < 4.78 is 65.9. The molecule has 3 aromatic carbocycles. The number of methoxy groups -OCH3 is 1. The first-order chi connectivity index (χ1) is 19.7. The number of aromatic nitrogens is 1. The molecule has 13 heteroatoms. The molecule has 0 aliphatic carbocycles. The Morgan fingerprint density at radius 1 is 1.00 bits per heavy atom. The third kappa shape index (κ3) is 6.77. The van der Waals surface area contributed by atoms with Gasteiger partial charge in [-0.05, 0) is 36.4 Å². The molecule has 216 valence electrons. The third-order valence-corrected chi connectivity index (χ3v) is 8.68. The summed E-state index contributed by atoms with van der Waals surface area (Å²) in [5, 5.41) is 0.453. The van der Waals surface area contributed by atoms with Crippen molar-refractivity contribution in [2.45, 2.75) is 4.90 Å². The fourth-order valence-electron chi connectivity index (χ4n) is 4.31. The predicted molar refractivity (Wildman–Crippen MR) is 155 cm³/mol. The van der Waals surface area contributed by atoms with Crippen LogP contribution in [0.15, 0.2) is 65.7 Å². The highest BCUT2D eigenvalue weighted by Gasteiger charge is 2.22. The van der Waals surface area contributed by atoms with E-state index < -0.39 is 15.8 Å². The number of sulfonamides is 1. The van der Waals surface area contributed by atoms with Gasteiger partial charge in [0.15, 0.2) is 23.1 Å². The molecule has 0 spiro atoms. The maximum absolute atomic E-state index is 15.1. The summed E-state index contributed by atoms with van der Waals surface area (Å²) in [6.45, 7) is 4.35. The van der Waals surface area contributed by atoms with Gasteiger partial charge in [-0.2, -0.15) is 0 Å². The third-order valence-electron chi connectivity index (χ3n) is 6.35. The van der Waals surface area contributed by atoms with E-state index >= 15 is 4.39 Å². The zero-order valence-electron chi connectivity index (χ0n) is 21.9. The average Bonchev–Trinajstić information content (AvgIpc) is 2.94. The zero-order valence-corrected chi connectivity index (χ0v) is 24.2. The second-order valence-corrected chi connectivity index (χ2v) is 11.5. The first-order valence-electron chi connectivity index (χ1n) is 12.6. The molecule has 0 amide bonds. The molecule has 1 aliphatic heterocycles. The smallest absolute Gasteiger partial charge is 0.264 e. The lowest BCUT2D eigenvalue weighted by Gasteiger charge is -2.26. The number of halogens is 3. The summed E-state index contributed by atoms with van der Waals surface area (Å²) in [6, 6.07) is 13.1. The first kappa shape index (κ1) is 29.2. The van der Waals surface area contributed by atoms with Crippen LogP contribution in [0.3, 0.4) is 0 Å². The normalized spacial score (nSPS) is 14.1. The number of hydrogen-bond acceptors (Lipinski definition) is 8. The molecule has 1 aromatic heterocycles. The molecule has 0 saturated carbocycles. The maximum atomic E-state index is 15.1. The predicted octanol–water partition coefficient (Wildman–Crippen LogP) is 5.99. The Bertz CT molecular complexity index is 1650. The molecule has 5 rings (SSSR count). The van der Waals surface area contributed by atoms with Crippen LogP contribution in [0.1, 0.15) is 0 Å². The first-order valence-corrected chi connectivity index (χ1v) is 14.8. The van der Waals surface area contributed by atoms with Gasteiger partial charge in [-0.15, -0.1) is 0 Å². The molecule has 2 heterocycles. The standard InChI is InChI=1S/C28H26Cl2FN3O6S/c1-37-26-16-19-23(17-27(26)39-14-11-34-9-12-38-13-10-34)32-8-7-24(19)40-25-6-5-18(15-22(25)31)33-41(35,36)28-20(29)3-2-4-21(28)30/h2-8,15-17,33H,9-14H2,1H3. The van der Waals surface area contributed by atoms with Crippen molar-refractivity contribution in [3.63, 3.8) is 0 Å². The lowest BCUT2D eigenvalue weighted by Crippen LogP contribution is -2.38. The van der Waals surface area contributed by atoms with Crippen molar-refractivity contribution in [1.29, 1.82) is 0 Å². The summed E-state index contributed by atoms with van der Waals surface area (Å²) in [4.78, 5) is 6.36. The van der Waals surface area contributed by atoms with Crippen molar-refractivity contribution >= 4 is 49.8 Å². The van der Waals surface area contributed by atoms with Crippen LogP contribution in [-0.4, -0.2) is 64.9 Å². The average molecular weight is 623 g/mol. The molecule has 1 aliphatic rings. The van der Waals surface area contributed by atoms with E-state index in [2.05, 4.69) is 14.6 Å². The Labute approximate surface area is 246 Å². The lowest BCUT2D eigenvalue weighted by molar-refractivity contribution is 0.0321. The van der Waals surface area contributed by atoms with Crippen molar-refractivity contribution in [2.75, 3.05) is 51.3 Å². The quantitative estimate of drug-likeness (QED) is 0.230. The number of rotatable bonds is 10. The Morgan fingerprint density at radius 2 is 1.76 bits per heavy atom. The highest BCUT2D eigenvalue weighted by molar-refractivity contribution is 7.93. The van der Waals surface area contributed by atoms with Crippen LogP contribution in [0.2, 0.25) is 10.0 Å². The molecule has 0 bridgehead atoms. The van der Waals surface area contributed by atoms with Crippen molar-refractivity contribution in [3.05, 3.63) is 76.7 Å². The van der Waals surface area contributed by atoms with Gasteiger partial charge in [-0.3, -0.25) is 14.6 Å². The van der Waals surface area contributed by atoms with Gasteiger partial charge in [-0.25, -0.2) is 12.8 Å². The minimum Gasteiger partial charge on any atom is -0.493 e. The van der Waals surface area contributed by atoms with Crippen molar-refractivity contribution in [3.8, 4) is 23.0 Å². The fraction of sp³-hybridized carbons (Fsp3) is 0.250. The minimum absolute atomic E-state index is 0.0361. The molecule has 0 unspecified atom stereocenters. The summed E-state index contributed by atoms with van der Waals surface area (Å²) in [5.74, 6) is 0.403. The second-order valence-electron chi connectivity index (χ2n) is 9.04. The number of anilines is 1. The van der Waals surface area contributed by atoms with Gasteiger partial charge >= 0.3 is 0 Å². The van der Waals surface area contributed by atoms with Crippen LogP contribution in [0.25, 0.3) is 10.9 Å². The van der Waals surface area contributed by atoms with Gasteiger partial charge in [0.2, 0.25) is 0 Å². The molecule has 1 fully saturated rings. The minimum atomic E-state index is -4.18. The van der Waals surface area contributed by atoms with Crippen LogP contribution in [0.5, 0.6) is 23.0 Å². The molecule has 1 N–H and O–H groups in total. The largest absolute Gasteiger partial charge is 0.493 e. The molecule has 0 atom stereocenters. The van der Waals surface area contributed by atoms with E-state index in [0.717, 1.165) is 25.7 Å². The van der Waals surface area contributed by atoms with Crippen molar-refractivity contribution in [1.82, 2.24) is 9.88 Å². The van der Waals surface area contributed by atoms with Crippen LogP contribution in [0, 0.1) is 5.82 Å². The Morgan fingerprint density at radius 3 is 2.46 bits per heavy atom. The Balaban J connectivity index is 1.34. The summed E-state index contributed by atoms with van der Waals surface area (Å²) >= 11 is 12.1. The van der Waals surface area contributed by atoms with Crippen LogP contribution in [-0.2, 0) is 14.8 Å². The van der Waals surface area contributed by atoms with Gasteiger partial charge in [0.05, 0.1) is 41.6 Å². The number of nitrogens with zero attached hydrogens (tertiary/aromatic N) is 2. The molecular weight excluding hydrogens is 596 g/mol. The number of hydrogen-bond donors (Lipinski definition) is 1. The van der Waals surface area contributed by atoms with E-state index in [9.17, 15) is 8.42 Å². The number of fused-ring (bicyclic) bond motifs is 1. The molecule has 0 radical (unpaired) electrons. The van der Waals surface area contributed by atoms with E-state index in [1.807, 2.05) is 0 Å². The van der Waals surface area contributed by atoms with Gasteiger partial charge in [-0.1, -0.05) is 29.3 Å².